The van der Waals surface area contributed by atoms with E-state index in [9.17, 15) is 0 Å². The van der Waals surface area contributed by atoms with Crippen molar-refractivity contribution < 1.29 is 4.57 Å². The smallest absolute Gasteiger partial charge is 0.231 e. The Balaban J connectivity index is 1.43. The van der Waals surface area contributed by atoms with Crippen LogP contribution in [0.4, 0.5) is 0 Å². The number of fused-ring (bicyclic) bond motifs is 1. The minimum atomic E-state index is 1.10. The number of para-hydroxylation sites is 2. The molecule has 2 nitrogen and oxygen atoms in total. The summed E-state index contributed by atoms with van der Waals surface area (Å²) < 4.78 is 2.35. The third-order valence-electron chi connectivity index (χ3n) is 5.40. The summed E-state index contributed by atoms with van der Waals surface area (Å²) in [6.45, 7) is 3.40. The van der Waals surface area contributed by atoms with Gasteiger partial charge >= 0.3 is 0 Å². The van der Waals surface area contributed by atoms with Gasteiger partial charge in [-0.1, -0.05) is 96.1 Å². The second kappa shape index (κ2) is 13.7. The Hall–Kier alpha value is -1.44. The molecule has 2 heteroatoms. The summed E-state index contributed by atoms with van der Waals surface area (Å²) in [6, 6.07) is 8.43. The monoisotopic (exact) mass is 355 g/mol. The van der Waals surface area contributed by atoms with Crippen molar-refractivity contribution in [1.82, 2.24) is 4.98 Å². The molecule has 0 bridgehead atoms. The molecule has 0 N–H and O–H groups in total. The van der Waals surface area contributed by atoms with Crippen molar-refractivity contribution in [2.24, 2.45) is 0 Å². The summed E-state index contributed by atoms with van der Waals surface area (Å²) in [7, 11) is 0. The Morgan fingerprint density at radius 1 is 0.692 bits per heavy atom. The second-order valence-electron chi connectivity index (χ2n) is 7.71. The molecule has 1 aromatic carbocycles. The topological polar surface area (TPSA) is 16.8 Å². The van der Waals surface area contributed by atoms with Gasteiger partial charge in [0.15, 0.2) is 6.20 Å². The van der Waals surface area contributed by atoms with Gasteiger partial charge in [-0.05, 0) is 12.5 Å². The number of aromatic nitrogens is 2. The fourth-order valence-corrected chi connectivity index (χ4v) is 3.76. The van der Waals surface area contributed by atoms with Crippen molar-refractivity contribution in [3.8, 4) is 0 Å². The van der Waals surface area contributed by atoms with E-state index in [4.69, 9.17) is 0 Å². The fourth-order valence-electron chi connectivity index (χ4n) is 3.76. The number of benzene rings is 1. The SMILES string of the molecule is CCCCCCCCCCCCCCCC[n+]1ccnc2ccccc21. The van der Waals surface area contributed by atoms with E-state index in [2.05, 4.69) is 46.9 Å². The molecule has 0 aliphatic carbocycles. The maximum Gasteiger partial charge on any atom is 0.231 e. The summed E-state index contributed by atoms with van der Waals surface area (Å²) in [6.07, 6.45) is 23.9. The number of hydrogen-bond acceptors (Lipinski definition) is 1. The minimum Gasteiger partial charge on any atom is -0.244 e. The third kappa shape index (κ3) is 8.29. The average molecular weight is 356 g/mol. The van der Waals surface area contributed by atoms with E-state index < -0.39 is 0 Å². The number of rotatable bonds is 15. The highest BCUT2D eigenvalue weighted by Crippen LogP contribution is 2.13. The first-order valence-corrected chi connectivity index (χ1v) is 11.1. The van der Waals surface area contributed by atoms with Crippen molar-refractivity contribution in [1.29, 1.82) is 0 Å². The first-order valence-electron chi connectivity index (χ1n) is 11.1. The summed E-state index contributed by atoms with van der Waals surface area (Å²) in [5.41, 5.74) is 2.35. The molecular weight excluding hydrogens is 316 g/mol. The number of unbranched alkanes of at least 4 members (excludes halogenated alkanes) is 13. The summed E-state index contributed by atoms with van der Waals surface area (Å²) in [5, 5.41) is 0. The molecule has 0 spiro atoms. The van der Waals surface area contributed by atoms with Gasteiger partial charge in [0.2, 0.25) is 5.52 Å². The Morgan fingerprint density at radius 2 is 1.23 bits per heavy atom. The Labute approximate surface area is 161 Å². The van der Waals surface area contributed by atoms with Gasteiger partial charge < -0.3 is 0 Å². The molecule has 0 unspecified atom stereocenters. The summed E-state index contributed by atoms with van der Waals surface area (Å²) >= 11 is 0. The minimum absolute atomic E-state index is 1.10. The van der Waals surface area contributed by atoms with Gasteiger partial charge in [-0.15, -0.1) is 0 Å². The second-order valence-corrected chi connectivity index (χ2v) is 7.71. The molecule has 1 heterocycles. The quantitative estimate of drug-likeness (QED) is 0.248. The third-order valence-corrected chi connectivity index (χ3v) is 5.40. The Kier molecular flexibility index (Phi) is 11.0. The zero-order valence-electron chi connectivity index (χ0n) is 17.0. The predicted octanol–water partition coefficient (Wildman–Crippen LogP) is 7.00. The van der Waals surface area contributed by atoms with Crippen LogP contribution in [-0.4, -0.2) is 4.98 Å². The van der Waals surface area contributed by atoms with E-state index in [-0.39, 0.29) is 0 Å². The van der Waals surface area contributed by atoms with E-state index in [1.54, 1.807) is 0 Å². The van der Waals surface area contributed by atoms with Crippen molar-refractivity contribution in [3.05, 3.63) is 36.7 Å². The summed E-state index contributed by atoms with van der Waals surface area (Å²) in [4.78, 5) is 4.44. The van der Waals surface area contributed by atoms with Crippen LogP contribution in [-0.2, 0) is 6.54 Å². The van der Waals surface area contributed by atoms with Crippen LogP contribution in [0, 0.1) is 0 Å². The van der Waals surface area contributed by atoms with E-state index >= 15 is 0 Å². The van der Waals surface area contributed by atoms with Crippen LogP contribution in [0.3, 0.4) is 0 Å². The van der Waals surface area contributed by atoms with Crippen LogP contribution < -0.4 is 4.57 Å². The Bertz CT molecular complexity index is 588. The molecule has 0 radical (unpaired) electrons. The normalized spacial score (nSPS) is 11.3. The van der Waals surface area contributed by atoms with Gasteiger partial charge in [-0.2, -0.15) is 4.57 Å². The molecule has 0 aliphatic heterocycles. The van der Waals surface area contributed by atoms with Crippen LogP contribution in [0.25, 0.3) is 11.0 Å². The van der Waals surface area contributed by atoms with Crippen molar-refractivity contribution in [2.45, 2.75) is 103 Å². The molecular formula is C24H39N2+. The highest BCUT2D eigenvalue weighted by Gasteiger charge is 2.07. The lowest BCUT2D eigenvalue weighted by Crippen LogP contribution is -2.34. The molecule has 26 heavy (non-hydrogen) atoms. The Morgan fingerprint density at radius 3 is 1.85 bits per heavy atom. The molecule has 1 aromatic heterocycles. The number of aryl methyl sites for hydroxylation is 1. The maximum absolute atomic E-state index is 4.44. The van der Waals surface area contributed by atoms with E-state index in [1.807, 2.05) is 6.20 Å². The van der Waals surface area contributed by atoms with Crippen LogP contribution >= 0.6 is 0 Å². The van der Waals surface area contributed by atoms with Gasteiger partial charge in [-0.3, -0.25) is 0 Å². The lowest BCUT2D eigenvalue weighted by molar-refractivity contribution is -0.672. The zero-order valence-corrected chi connectivity index (χ0v) is 17.0. The average Bonchev–Trinajstić information content (AvgIpc) is 2.68. The maximum atomic E-state index is 4.44. The number of hydrogen-bond donors (Lipinski definition) is 0. The van der Waals surface area contributed by atoms with Crippen LogP contribution in [0.15, 0.2) is 36.7 Å². The van der Waals surface area contributed by atoms with E-state index in [0.717, 1.165) is 12.1 Å². The highest BCUT2D eigenvalue weighted by molar-refractivity contribution is 5.69. The van der Waals surface area contributed by atoms with Crippen molar-refractivity contribution in [3.63, 3.8) is 0 Å². The standard InChI is InChI=1S/C24H39N2/c1-2-3-4-5-6-7-8-9-10-11-12-13-14-17-21-26-22-20-25-23-18-15-16-19-24(23)26/h15-16,18-20,22H,2-14,17,21H2,1H3/q+1. The molecule has 0 fully saturated rings. The van der Waals surface area contributed by atoms with Crippen LogP contribution in [0.5, 0.6) is 0 Å². The summed E-state index contributed by atoms with van der Waals surface area (Å²) in [5.74, 6) is 0. The first kappa shape index (κ1) is 20.9. The molecule has 0 atom stereocenters. The van der Waals surface area contributed by atoms with Gasteiger partial charge in [-0.25, -0.2) is 4.98 Å². The van der Waals surface area contributed by atoms with Gasteiger partial charge in [0.1, 0.15) is 12.1 Å². The van der Waals surface area contributed by atoms with E-state index in [1.165, 1.54) is 95.4 Å². The number of nitrogens with zero attached hydrogens (tertiary/aromatic N) is 2. The molecule has 0 amide bonds. The molecule has 2 aromatic rings. The molecule has 0 aliphatic rings. The van der Waals surface area contributed by atoms with E-state index in [0.29, 0.717) is 0 Å². The lowest BCUT2D eigenvalue weighted by Gasteiger charge is -2.03. The largest absolute Gasteiger partial charge is 0.244 e. The van der Waals surface area contributed by atoms with Crippen molar-refractivity contribution in [2.75, 3.05) is 0 Å². The van der Waals surface area contributed by atoms with Crippen LogP contribution in [0.2, 0.25) is 0 Å². The van der Waals surface area contributed by atoms with Crippen molar-refractivity contribution >= 4 is 11.0 Å². The van der Waals surface area contributed by atoms with Gasteiger partial charge in [0.05, 0.1) is 6.20 Å². The highest BCUT2D eigenvalue weighted by atomic mass is 15.0. The predicted molar refractivity (Wildman–Crippen MR) is 112 cm³/mol. The first-order chi connectivity index (χ1) is 12.9. The molecule has 0 saturated heterocycles. The van der Waals surface area contributed by atoms with Crippen LogP contribution in [0.1, 0.15) is 96.8 Å². The fraction of sp³-hybridized carbons (Fsp3) is 0.667. The molecule has 2 rings (SSSR count). The zero-order chi connectivity index (χ0) is 18.3. The van der Waals surface area contributed by atoms with Gasteiger partial charge in [0.25, 0.3) is 0 Å². The van der Waals surface area contributed by atoms with Gasteiger partial charge in [0, 0.05) is 12.5 Å². The molecule has 0 saturated carbocycles. The lowest BCUT2D eigenvalue weighted by atomic mass is 10.0. The molecule has 144 valence electrons.